The average molecular weight is 266 g/mol. The van der Waals surface area contributed by atoms with Crippen molar-refractivity contribution in [1.82, 2.24) is 9.88 Å². The van der Waals surface area contributed by atoms with Crippen molar-refractivity contribution in [1.29, 1.82) is 0 Å². The summed E-state index contributed by atoms with van der Waals surface area (Å²) in [5, 5.41) is 0. The zero-order chi connectivity index (χ0) is 14.4. The lowest BCUT2D eigenvalue weighted by Crippen LogP contribution is -2.42. The fourth-order valence-electron chi connectivity index (χ4n) is 2.19. The van der Waals surface area contributed by atoms with E-state index < -0.39 is 5.95 Å². The topological polar surface area (TPSA) is 33.2 Å². The Hall–Kier alpha value is -1.45. The summed E-state index contributed by atoms with van der Waals surface area (Å²) >= 11 is 0. The van der Waals surface area contributed by atoms with E-state index in [9.17, 15) is 9.18 Å². The predicted molar refractivity (Wildman–Crippen MR) is 74.4 cm³/mol. The van der Waals surface area contributed by atoms with Crippen LogP contribution >= 0.6 is 0 Å². The summed E-state index contributed by atoms with van der Waals surface area (Å²) in [7, 11) is 0. The molecule has 0 fully saturated rings. The SMILES string of the molecule is CCC(CC)N(CC(C)C)C(=O)c1ccc(F)nc1. The van der Waals surface area contributed by atoms with Gasteiger partial charge in [-0.2, -0.15) is 4.39 Å². The minimum atomic E-state index is -0.561. The van der Waals surface area contributed by atoms with Gasteiger partial charge in [-0.1, -0.05) is 27.7 Å². The van der Waals surface area contributed by atoms with Gasteiger partial charge >= 0.3 is 0 Å². The highest BCUT2D eigenvalue weighted by atomic mass is 19.1. The third-order valence-electron chi connectivity index (χ3n) is 3.18. The van der Waals surface area contributed by atoms with Gasteiger partial charge in [0, 0.05) is 18.8 Å². The molecule has 1 aromatic rings. The second-order valence-electron chi connectivity index (χ2n) is 5.19. The summed E-state index contributed by atoms with van der Waals surface area (Å²) in [6.07, 6.45) is 3.15. The predicted octanol–water partition coefficient (Wildman–Crippen LogP) is 3.51. The van der Waals surface area contributed by atoms with Crippen molar-refractivity contribution in [3.63, 3.8) is 0 Å². The van der Waals surface area contributed by atoms with Crippen molar-refractivity contribution in [3.8, 4) is 0 Å². The molecule has 0 aliphatic heterocycles. The molecule has 1 rings (SSSR count). The first kappa shape index (κ1) is 15.6. The van der Waals surface area contributed by atoms with Crippen LogP contribution in [0.5, 0.6) is 0 Å². The van der Waals surface area contributed by atoms with E-state index in [0.717, 1.165) is 12.8 Å². The Morgan fingerprint density at radius 3 is 2.37 bits per heavy atom. The van der Waals surface area contributed by atoms with Crippen LogP contribution < -0.4 is 0 Å². The monoisotopic (exact) mass is 266 g/mol. The van der Waals surface area contributed by atoms with Gasteiger partial charge in [-0.3, -0.25) is 4.79 Å². The number of amides is 1. The van der Waals surface area contributed by atoms with Crippen molar-refractivity contribution in [2.75, 3.05) is 6.54 Å². The maximum Gasteiger partial charge on any atom is 0.255 e. The number of halogens is 1. The molecule has 3 nitrogen and oxygen atoms in total. The van der Waals surface area contributed by atoms with Gasteiger partial charge in [0.2, 0.25) is 5.95 Å². The van der Waals surface area contributed by atoms with Crippen LogP contribution in [0.15, 0.2) is 18.3 Å². The Labute approximate surface area is 114 Å². The second kappa shape index (κ2) is 7.22. The minimum absolute atomic E-state index is 0.0603. The molecular weight excluding hydrogens is 243 g/mol. The molecule has 0 N–H and O–H groups in total. The first-order valence-corrected chi connectivity index (χ1v) is 6.92. The number of nitrogens with zero attached hydrogens (tertiary/aromatic N) is 2. The smallest absolute Gasteiger partial charge is 0.255 e. The summed E-state index contributed by atoms with van der Waals surface area (Å²) in [5.41, 5.74) is 0.453. The number of aromatic nitrogens is 1. The molecule has 0 atom stereocenters. The summed E-state index contributed by atoms with van der Waals surface area (Å²) in [6.45, 7) is 9.05. The lowest BCUT2D eigenvalue weighted by molar-refractivity contribution is 0.0640. The summed E-state index contributed by atoms with van der Waals surface area (Å²) in [5.74, 6) is -0.220. The fraction of sp³-hybridized carbons (Fsp3) is 0.600. The van der Waals surface area contributed by atoms with Crippen LogP contribution in [0.25, 0.3) is 0 Å². The molecular formula is C15H23FN2O. The van der Waals surface area contributed by atoms with Crippen molar-refractivity contribution >= 4 is 5.91 Å². The second-order valence-corrected chi connectivity index (χ2v) is 5.19. The number of carbonyl (C=O) groups excluding carboxylic acids is 1. The van der Waals surface area contributed by atoms with E-state index in [0.29, 0.717) is 18.0 Å². The van der Waals surface area contributed by atoms with Crippen LogP contribution in [0.3, 0.4) is 0 Å². The zero-order valence-electron chi connectivity index (χ0n) is 12.2. The Balaban J connectivity index is 2.96. The van der Waals surface area contributed by atoms with Gasteiger partial charge in [0.1, 0.15) is 0 Å². The number of hydrogen-bond donors (Lipinski definition) is 0. The van der Waals surface area contributed by atoms with Gasteiger partial charge in [-0.15, -0.1) is 0 Å². The van der Waals surface area contributed by atoms with Crippen molar-refractivity contribution in [2.45, 2.75) is 46.6 Å². The van der Waals surface area contributed by atoms with Crippen LogP contribution in [-0.4, -0.2) is 28.4 Å². The molecule has 0 radical (unpaired) electrons. The maximum atomic E-state index is 12.8. The number of carbonyl (C=O) groups is 1. The Bertz CT molecular complexity index is 399. The first-order chi connectivity index (χ1) is 8.99. The Kier molecular flexibility index (Phi) is 5.93. The highest BCUT2D eigenvalue weighted by molar-refractivity contribution is 5.94. The zero-order valence-corrected chi connectivity index (χ0v) is 12.2. The quantitative estimate of drug-likeness (QED) is 0.738. The summed E-state index contributed by atoms with van der Waals surface area (Å²) in [4.78, 5) is 18.0. The van der Waals surface area contributed by atoms with E-state index >= 15 is 0 Å². The van der Waals surface area contributed by atoms with E-state index in [1.165, 1.54) is 18.3 Å². The highest BCUT2D eigenvalue weighted by Gasteiger charge is 2.23. The molecule has 0 spiro atoms. The Morgan fingerprint density at radius 2 is 1.95 bits per heavy atom. The van der Waals surface area contributed by atoms with Crippen LogP contribution in [0.4, 0.5) is 4.39 Å². The molecule has 106 valence electrons. The average Bonchev–Trinajstić information content (AvgIpc) is 2.38. The summed E-state index contributed by atoms with van der Waals surface area (Å²) in [6, 6.07) is 2.95. The largest absolute Gasteiger partial charge is 0.335 e. The molecule has 0 aliphatic rings. The first-order valence-electron chi connectivity index (χ1n) is 6.92. The third-order valence-corrected chi connectivity index (χ3v) is 3.18. The number of rotatable bonds is 6. The minimum Gasteiger partial charge on any atom is -0.335 e. The summed E-state index contributed by atoms with van der Waals surface area (Å²) < 4.78 is 12.8. The molecule has 0 saturated carbocycles. The molecule has 19 heavy (non-hydrogen) atoms. The molecule has 0 aliphatic carbocycles. The lowest BCUT2D eigenvalue weighted by Gasteiger charge is -2.32. The van der Waals surface area contributed by atoms with E-state index in [2.05, 4.69) is 32.7 Å². The lowest BCUT2D eigenvalue weighted by atomic mass is 10.1. The molecule has 0 saturated heterocycles. The van der Waals surface area contributed by atoms with Crippen LogP contribution in [0.1, 0.15) is 50.9 Å². The third kappa shape index (κ3) is 4.30. The number of pyridine rings is 1. The van der Waals surface area contributed by atoms with Crippen molar-refractivity contribution < 1.29 is 9.18 Å². The van der Waals surface area contributed by atoms with Crippen LogP contribution in [0, 0.1) is 11.9 Å². The standard InChI is InChI=1S/C15H23FN2O/c1-5-13(6-2)18(10-11(3)4)15(19)12-7-8-14(16)17-9-12/h7-9,11,13H,5-6,10H2,1-4H3. The van der Waals surface area contributed by atoms with Gasteiger partial charge in [0.25, 0.3) is 5.91 Å². The van der Waals surface area contributed by atoms with Crippen molar-refractivity contribution in [2.24, 2.45) is 5.92 Å². The molecule has 0 aromatic carbocycles. The van der Waals surface area contributed by atoms with E-state index in [-0.39, 0.29) is 11.9 Å². The molecule has 1 amide bonds. The van der Waals surface area contributed by atoms with Gasteiger partial charge in [0.15, 0.2) is 0 Å². The maximum absolute atomic E-state index is 12.8. The molecule has 0 bridgehead atoms. The van der Waals surface area contributed by atoms with E-state index in [1.54, 1.807) is 0 Å². The van der Waals surface area contributed by atoms with Gasteiger partial charge < -0.3 is 4.90 Å². The normalized spacial score (nSPS) is 11.1. The van der Waals surface area contributed by atoms with Gasteiger partial charge in [-0.25, -0.2) is 4.98 Å². The molecule has 0 unspecified atom stereocenters. The van der Waals surface area contributed by atoms with Crippen LogP contribution in [-0.2, 0) is 0 Å². The van der Waals surface area contributed by atoms with Crippen LogP contribution in [0.2, 0.25) is 0 Å². The highest BCUT2D eigenvalue weighted by Crippen LogP contribution is 2.15. The fourth-order valence-corrected chi connectivity index (χ4v) is 2.19. The molecule has 1 aromatic heterocycles. The Morgan fingerprint density at radius 1 is 1.32 bits per heavy atom. The van der Waals surface area contributed by atoms with E-state index in [4.69, 9.17) is 0 Å². The van der Waals surface area contributed by atoms with Gasteiger partial charge in [0.05, 0.1) is 5.56 Å². The molecule has 4 heteroatoms. The van der Waals surface area contributed by atoms with Gasteiger partial charge in [-0.05, 0) is 30.9 Å². The molecule has 1 heterocycles. The van der Waals surface area contributed by atoms with E-state index in [1.807, 2.05) is 4.90 Å². The van der Waals surface area contributed by atoms with Crippen molar-refractivity contribution in [3.05, 3.63) is 29.8 Å². The number of hydrogen-bond acceptors (Lipinski definition) is 2.